The molecule has 5 nitrogen and oxygen atoms in total. The molecule has 1 aromatic carbocycles. The number of rotatable bonds is 4. The highest BCUT2D eigenvalue weighted by Crippen LogP contribution is 2.34. The molecule has 1 aromatic rings. The lowest BCUT2D eigenvalue weighted by Gasteiger charge is -2.26. The standard InChI is InChI=1S/C13H19Br2N3O2S/c1-17-5-3-4-10(17)8-18(2)21(19,20)13-11(14)6-9(16)7-12(13)15/h6-7,10H,3-5,8,16H2,1-2H3. The number of hydrogen-bond acceptors (Lipinski definition) is 4. The maximum atomic E-state index is 12.8. The molecule has 2 rings (SSSR count). The van der Waals surface area contributed by atoms with Gasteiger partial charge in [-0.25, -0.2) is 8.42 Å². The first-order chi connectivity index (χ1) is 9.73. The first kappa shape index (κ1) is 17.2. The number of sulfonamides is 1. The fourth-order valence-corrected chi connectivity index (χ4v) is 6.33. The Balaban J connectivity index is 2.29. The summed E-state index contributed by atoms with van der Waals surface area (Å²) < 4.78 is 27.9. The molecule has 1 heterocycles. The Labute approximate surface area is 142 Å². The van der Waals surface area contributed by atoms with Gasteiger partial charge in [0, 0.05) is 34.3 Å². The molecule has 0 radical (unpaired) electrons. The highest BCUT2D eigenvalue weighted by Gasteiger charge is 2.30. The maximum Gasteiger partial charge on any atom is 0.245 e. The first-order valence-electron chi connectivity index (χ1n) is 6.64. The number of halogens is 2. The molecule has 1 aliphatic heterocycles. The minimum absolute atomic E-state index is 0.222. The lowest BCUT2D eigenvalue weighted by atomic mass is 10.2. The van der Waals surface area contributed by atoms with E-state index in [2.05, 4.69) is 36.8 Å². The zero-order valence-corrected chi connectivity index (χ0v) is 16.0. The normalized spacial score (nSPS) is 20.3. The van der Waals surface area contributed by atoms with Crippen molar-refractivity contribution >= 4 is 47.6 Å². The van der Waals surface area contributed by atoms with Crippen LogP contribution in [0.2, 0.25) is 0 Å². The second kappa shape index (κ2) is 6.54. The van der Waals surface area contributed by atoms with E-state index in [1.807, 2.05) is 7.05 Å². The number of nitrogen functional groups attached to an aromatic ring is 1. The maximum absolute atomic E-state index is 12.8. The molecule has 0 spiro atoms. The topological polar surface area (TPSA) is 66.6 Å². The molecule has 8 heteroatoms. The lowest BCUT2D eigenvalue weighted by molar-refractivity contribution is 0.271. The van der Waals surface area contributed by atoms with Crippen LogP contribution in [-0.4, -0.2) is 50.8 Å². The van der Waals surface area contributed by atoms with Gasteiger partial charge in [-0.15, -0.1) is 0 Å². The molecule has 2 N–H and O–H groups in total. The number of hydrogen-bond donors (Lipinski definition) is 1. The summed E-state index contributed by atoms with van der Waals surface area (Å²) in [6.45, 7) is 1.51. The van der Waals surface area contributed by atoms with Gasteiger partial charge in [-0.2, -0.15) is 4.31 Å². The second-order valence-electron chi connectivity index (χ2n) is 5.38. The molecular weight excluding hydrogens is 422 g/mol. The second-order valence-corrected chi connectivity index (χ2v) is 9.07. The van der Waals surface area contributed by atoms with E-state index in [0.717, 1.165) is 19.4 Å². The number of anilines is 1. The van der Waals surface area contributed by atoms with Crippen molar-refractivity contribution in [3.63, 3.8) is 0 Å². The number of nitrogens with zero attached hydrogens (tertiary/aromatic N) is 2. The molecule has 1 aliphatic rings. The number of likely N-dealkylation sites (N-methyl/N-ethyl adjacent to an activating group) is 2. The predicted octanol–water partition coefficient (Wildman–Crippen LogP) is 2.51. The van der Waals surface area contributed by atoms with Gasteiger partial charge in [0.2, 0.25) is 10.0 Å². The minimum Gasteiger partial charge on any atom is -0.399 e. The van der Waals surface area contributed by atoms with E-state index < -0.39 is 10.0 Å². The van der Waals surface area contributed by atoms with Crippen molar-refractivity contribution < 1.29 is 8.42 Å². The third kappa shape index (κ3) is 3.61. The van der Waals surface area contributed by atoms with Gasteiger partial charge in [0.25, 0.3) is 0 Å². The third-order valence-electron chi connectivity index (χ3n) is 3.83. The zero-order valence-electron chi connectivity index (χ0n) is 12.0. The Morgan fingerprint density at radius 1 is 1.38 bits per heavy atom. The molecule has 0 bridgehead atoms. The van der Waals surface area contributed by atoms with E-state index in [9.17, 15) is 8.42 Å². The molecule has 0 aliphatic carbocycles. The molecule has 21 heavy (non-hydrogen) atoms. The summed E-state index contributed by atoms with van der Waals surface area (Å²) in [5.74, 6) is 0. The summed E-state index contributed by atoms with van der Waals surface area (Å²) in [7, 11) is 0.0860. The molecule has 1 atom stereocenters. The van der Waals surface area contributed by atoms with Gasteiger partial charge in [0.15, 0.2) is 0 Å². The fourth-order valence-electron chi connectivity index (χ4n) is 2.59. The Kier molecular flexibility index (Phi) is 5.36. The molecular formula is C13H19Br2N3O2S. The van der Waals surface area contributed by atoms with Crippen LogP contribution in [0.25, 0.3) is 0 Å². The highest BCUT2D eigenvalue weighted by molar-refractivity contribution is 9.11. The van der Waals surface area contributed by atoms with Gasteiger partial charge >= 0.3 is 0 Å². The lowest BCUT2D eigenvalue weighted by Crippen LogP contribution is -2.39. The van der Waals surface area contributed by atoms with Crippen molar-refractivity contribution in [3.05, 3.63) is 21.1 Å². The van der Waals surface area contributed by atoms with Crippen LogP contribution in [0.1, 0.15) is 12.8 Å². The van der Waals surface area contributed by atoms with Crippen molar-refractivity contribution in [1.29, 1.82) is 0 Å². The van der Waals surface area contributed by atoms with E-state index in [1.165, 1.54) is 4.31 Å². The monoisotopic (exact) mass is 439 g/mol. The van der Waals surface area contributed by atoms with Crippen molar-refractivity contribution in [3.8, 4) is 0 Å². The van der Waals surface area contributed by atoms with Crippen molar-refractivity contribution in [1.82, 2.24) is 9.21 Å². The Hall–Kier alpha value is -0.150. The van der Waals surface area contributed by atoms with E-state index in [-0.39, 0.29) is 10.9 Å². The summed E-state index contributed by atoms with van der Waals surface area (Å²) in [6.07, 6.45) is 2.14. The van der Waals surface area contributed by atoms with Crippen LogP contribution in [0.15, 0.2) is 26.0 Å². The smallest absolute Gasteiger partial charge is 0.245 e. The van der Waals surface area contributed by atoms with E-state index >= 15 is 0 Å². The van der Waals surface area contributed by atoms with Crippen LogP contribution in [-0.2, 0) is 10.0 Å². The van der Waals surface area contributed by atoms with Gasteiger partial charge in [-0.05, 0) is 70.4 Å². The van der Waals surface area contributed by atoms with Crippen LogP contribution in [0, 0.1) is 0 Å². The first-order valence-corrected chi connectivity index (χ1v) is 9.67. The molecule has 1 fully saturated rings. The summed E-state index contributed by atoms with van der Waals surface area (Å²) in [4.78, 5) is 2.43. The molecule has 0 saturated carbocycles. The van der Waals surface area contributed by atoms with E-state index in [0.29, 0.717) is 21.2 Å². The van der Waals surface area contributed by atoms with Crippen LogP contribution < -0.4 is 5.73 Å². The van der Waals surface area contributed by atoms with Gasteiger partial charge in [0.1, 0.15) is 4.90 Å². The third-order valence-corrected chi connectivity index (χ3v) is 7.53. The largest absolute Gasteiger partial charge is 0.399 e. The number of likely N-dealkylation sites (tertiary alicyclic amines) is 1. The number of benzene rings is 1. The van der Waals surface area contributed by atoms with Gasteiger partial charge in [-0.3, -0.25) is 0 Å². The average Bonchev–Trinajstić information content (AvgIpc) is 2.73. The van der Waals surface area contributed by atoms with Crippen molar-refractivity contribution in [2.45, 2.75) is 23.8 Å². The van der Waals surface area contributed by atoms with Gasteiger partial charge in [-0.1, -0.05) is 0 Å². The fraction of sp³-hybridized carbons (Fsp3) is 0.538. The van der Waals surface area contributed by atoms with Crippen molar-refractivity contribution in [2.75, 3.05) is 32.9 Å². The highest BCUT2D eigenvalue weighted by atomic mass is 79.9. The summed E-state index contributed by atoms with van der Waals surface area (Å²) in [6, 6.07) is 3.48. The Morgan fingerprint density at radius 2 is 1.95 bits per heavy atom. The Morgan fingerprint density at radius 3 is 2.43 bits per heavy atom. The zero-order chi connectivity index (χ0) is 15.8. The summed E-state index contributed by atoms with van der Waals surface area (Å²) in [5.41, 5.74) is 6.23. The average molecular weight is 441 g/mol. The van der Waals surface area contributed by atoms with Crippen LogP contribution in [0.3, 0.4) is 0 Å². The molecule has 1 unspecified atom stereocenters. The summed E-state index contributed by atoms with van der Waals surface area (Å²) >= 11 is 6.60. The van der Waals surface area contributed by atoms with Crippen LogP contribution >= 0.6 is 31.9 Å². The molecule has 1 saturated heterocycles. The van der Waals surface area contributed by atoms with Crippen LogP contribution in [0.5, 0.6) is 0 Å². The molecule has 0 amide bonds. The summed E-state index contributed by atoms with van der Waals surface area (Å²) in [5, 5.41) is 0. The predicted molar refractivity (Wildman–Crippen MR) is 91.7 cm³/mol. The van der Waals surface area contributed by atoms with Crippen LogP contribution in [0.4, 0.5) is 5.69 Å². The SMILES string of the molecule is CN1CCCC1CN(C)S(=O)(=O)c1c(Br)cc(N)cc1Br. The number of nitrogens with two attached hydrogens (primary N) is 1. The Bertz CT molecular complexity index is 613. The van der Waals surface area contributed by atoms with Gasteiger partial charge < -0.3 is 10.6 Å². The molecule has 0 aromatic heterocycles. The van der Waals surface area contributed by atoms with E-state index in [4.69, 9.17) is 5.73 Å². The quantitative estimate of drug-likeness (QED) is 0.730. The van der Waals surface area contributed by atoms with Crippen molar-refractivity contribution in [2.24, 2.45) is 0 Å². The van der Waals surface area contributed by atoms with E-state index in [1.54, 1.807) is 19.2 Å². The minimum atomic E-state index is -3.57. The molecule has 118 valence electrons. The van der Waals surface area contributed by atoms with Gasteiger partial charge in [0.05, 0.1) is 0 Å².